The van der Waals surface area contributed by atoms with Gasteiger partial charge in [0.15, 0.2) is 0 Å². The normalized spacial score (nSPS) is 14.9. The van der Waals surface area contributed by atoms with Crippen molar-refractivity contribution in [2.45, 2.75) is 57.5 Å². The lowest BCUT2D eigenvalue weighted by molar-refractivity contribution is -0.126. The van der Waals surface area contributed by atoms with Gasteiger partial charge in [0.05, 0.1) is 0 Å². The maximum Gasteiger partial charge on any atom is 0.273 e. The van der Waals surface area contributed by atoms with Crippen molar-refractivity contribution >= 4 is 11.8 Å². The molecule has 0 unspecified atom stereocenters. The van der Waals surface area contributed by atoms with Crippen molar-refractivity contribution in [2.75, 3.05) is 6.54 Å². The van der Waals surface area contributed by atoms with Crippen molar-refractivity contribution in [3.05, 3.63) is 101 Å². The van der Waals surface area contributed by atoms with Crippen LogP contribution in [0.5, 0.6) is 0 Å². The molecule has 1 aliphatic rings. The van der Waals surface area contributed by atoms with Gasteiger partial charge < -0.3 is 10.2 Å². The molecule has 176 valence electrons. The number of aromatic nitrogens is 1. The van der Waals surface area contributed by atoms with Crippen LogP contribution in [0.4, 0.5) is 0 Å². The van der Waals surface area contributed by atoms with E-state index in [1.807, 2.05) is 61.5 Å². The number of pyridine rings is 1. The molecule has 1 aliphatic carbocycles. The fourth-order valence-electron chi connectivity index (χ4n) is 4.75. The molecule has 2 amide bonds. The summed E-state index contributed by atoms with van der Waals surface area (Å²) in [4.78, 5) is 33.6. The van der Waals surface area contributed by atoms with Gasteiger partial charge in [0, 0.05) is 18.8 Å². The number of benzene rings is 2. The summed E-state index contributed by atoms with van der Waals surface area (Å²) < 4.78 is 0. The Bertz CT molecular complexity index is 1080. The highest BCUT2D eigenvalue weighted by atomic mass is 16.2. The van der Waals surface area contributed by atoms with Gasteiger partial charge in [-0.3, -0.25) is 14.6 Å². The molecular formula is C29H33N3O2. The zero-order valence-corrected chi connectivity index (χ0v) is 19.8. The topological polar surface area (TPSA) is 62.3 Å². The van der Waals surface area contributed by atoms with Crippen molar-refractivity contribution in [3.63, 3.8) is 0 Å². The third-order valence-electron chi connectivity index (χ3n) is 6.62. The van der Waals surface area contributed by atoms with Crippen molar-refractivity contribution in [2.24, 2.45) is 0 Å². The predicted molar refractivity (Wildman–Crippen MR) is 134 cm³/mol. The average molecular weight is 456 g/mol. The molecular weight excluding hydrogens is 422 g/mol. The Kier molecular flexibility index (Phi) is 8.08. The van der Waals surface area contributed by atoms with Crippen molar-refractivity contribution in [1.29, 1.82) is 0 Å². The standard InChI is InChI=1S/C29H33N3O2/c1-22-12-8-9-17-25(22)27(28(33)31-24-15-6-3-7-16-24)32(21-19-23-13-4-2-5-14-23)29(34)26-18-10-11-20-30-26/h2,4-5,8-14,17-18,20,24,27H,3,6-7,15-16,19,21H2,1H3,(H,31,33)/t27-/m1/s1. The van der Waals surface area contributed by atoms with Crippen LogP contribution in [0.3, 0.4) is 0 Å². The number of hydrogen-bond donors (Lipinski definition) is 1. The van der Waals surface area contributed by atoms with Crippen LogP contribution >= 0.6 is 0 Å². The van der Waals surface area contributed by atoms with Gasteiger partial charge in [-0.25, -0.2) is 0 Å². The monoisotopic (exact) mass is 455 g/mol. The second kappa shape index (κ2) is 11.6. The summed E-state index contributed by atoms with van der Waals surface area (Å²) in [7, 11) is 0. The van der Waals surface area contributed by atoms with Crippen molar-refractivity contribution in [1.82, 2.24) is 15.2 Å². The Hall–Kier alpha value is -3.47. The molecule has 4 rings (SSSR count). The number of nitrogens with zero attached hydrogens (tertiary/aromatic N) is 2. The smallest absolute Gasteiger partial charge is 0.273 e. The van der Waals surface area contributed by atoms with Crippen LogP contribution in [-0.2, 0) is 11.2 Å². The van der Waals surface area contributed by atoms with E-state index in [4.69, 9.17) is 0 Å². The molecule has 0 bridgehead atoms. The van der Waals surface area contributed by atoms with Crippen LogP contribution < -0.4 is 5.32 Å². The van der Waals surface area contributed by atoms with Crippen LogP contribution in [0, 0.1) is 6.92 Å². The first kappa shape index (κ1) is 23.7. The van der Waals surface area contributed by atoms with E-state index in [2.05, 4.69) is 10.3 Å². The number of carbonyl (C=O) groups excluding carboxylic acids is 2. The molecule has 1 heterocycles. The number of carbonyl (C=O) groups is 2. The Labute approximate surface area is 202 Å². The third-order valence-corrected chi connectivity index (χ3v) is 6.62. The van der Waals surface area contributed by atoms with Gasteiger partial charge in [-0.2, -0.15) is 0 Å². The minimum absolute atomic E-state index is 0.112. The molecule has 1 fully saturated rings. The number of hydrogen-bond acceptors (Lipinski definition) is 3. The first-order chi connectivity index (χ1) is 16.6. The number of amides is 2. The molecule has 1 aromatic heterocycles. The lowest BCUT2D eigenvalue weighted by Gasteiger charge is -2.34. The maximum atomic E-state index is 13.8. The number of nitrogens with one attached hydrogen (secondary N) is 1. The minimum Gasteiger partial charge on any atom is -0.351 e. The average Bonchev–Trinajstić information content (AvgIpc) is 2.88. The molecule has 0 saturated heterocycles. The van der Waals surface area contributed by atoms with E-state index in [0.29, 0.717) is 18.7 Å². The summed E-state index contributed by atoms with van der Waals surface area (Å²) in [5, 5.41) is 3.28. The largest absolute Gasteiger partial charge is 0.351 e. The molecule has 2 aromatic carbocycles. The Morgan fingerprint density at radius 2 is 1.65 bits per heavy atom. The molecule has 1 N–H and O–H groups in total. The van der Waals surface area contributed by atoms with Crippen LogP contribution in [0.2, 0.25) is 0 Å². The second-order valence-electron chi connectivity index (χ2n) is 9.05. The van der Waals surface area contributed by atoms with E-state index in [-0.39, 0.29) is 17.9 Å². The Morgan fingerprint density at radius 3 is 2.35 bits per heavy atom. The van der Waals surface area contributed by atoms with Crippen LogP contribution in [0.1, 0.15) is 65.3 Å². The summed E-state index contributed by atoms with van der Waals surface area (Å²) in [5.74, 6) is -0.345. The molecule has 34 heavy (non-hydrogen) atoms. The summed E-state index contributed by atoms with van der Waals surface area (Å²) in [5.41, 5.74) is 3.31. The molecule has 5 nitrogen and oxygen atoms in total. The van der Waals surface area contributed by atoms with Crippen LogP contribution in [0.25, 0.3) is 0 Å². The van der Waals surface area contributed by atoms with Gasteiger partial charge in [-0.15, -0.1) is 0 Å². The summed E-state index contributed by atoms with van der Waals surface area (Å²) in [6.45, 7) is 2.41. The molecule has 0 radical (unpaired) electrons. The molecule has 1 saturated carbocycles. The highest BCUT2D eigenvalue weighted by molar-refractivity contribution is 5.96. The first-order valence-corrected chi connectivity index (χ1v) is 12.3. The Morgan fingerprint density at radius 1 is 0.941 bits per heavy atom. The fraction of sp³-hybridized carbons (Fsp3) is 0.345. The number of rotatable bonds is 8. The lowest BCUT2D eigenvalue weighted by Crippen LogP contribution is -2.48. The zero-order chi connectivity index (χ0) is 23.8. The third kappa shape index (κ3) is 5.90. The highest BCUT2D eigenvalue weighted by Gasteiger charge is 2.34. The van der Waals surface area contributed by atoms with Gasteiger partial charge in [-0.05, 0) is 55.0 Å². The van der Waals surface area contributed by atoms with E-state index in [0.717, 1.165) is 42.4 Å². The highest BCUT2D eigenvalue weighted by Crippen LogP contribution is 2.28. The number of aryl methyl sites for hydroxylation is 1. The SMILES string of the molecule is Cc1ccccc1[C@H](C(=O)NC1CCCCC1)N(CCc1ccccc1)C(=O)c1ccccn1. The van der Waals surface area contributed by atoms with Crippen LogP contribution in [0.15, 0.2) is 79.0 Å². The van der Waals surface area contributed by atoms with E-state index in [1.165, 1.54) is 6.42 Å². The molecule has 0 spiro atoms. The van der Waals surface area contributed by atoms with Crippen molar-refractivity contribution < 1.29 is 9.59 Å². The molecule has 5 heteroatoms. The van der Waals surface area contributed by atoms with Crippen LogP contribution in [-0.4, -0.2) is 34.3 Å². The summed E-state index contributed by atoms with van der Waals surface area (Å²) in [6.07, 6.45) is 7.73. The maximum absolute atomic E-state index is 13.8. The van der Waals surface area contributed by atoms with E-state index in [9.17, 15) is 9.59 Å². The molecule has 0 aliphatic heterocycles. The summed E-state index contributed by atoms with van der Waals surface area (Å²) >= 11 is 0. The van der Waals surface area contributed by atoms with E-state index in [1.54, 1.807) is 29.3 Å². The second-order valence-corrected chi connectivity index (χ2v) is 9.05. The zero-order valence-electron chi connectivity index (χ0n) is 19.8. The summed E-state index contributed by atoms with van der Waals surface area (Å²) in [6, 6.07) is 22.7. The van der Waals surface area contributed by atoms with Gasteiger partial charge in [0.2, 0.25) is 5.91 Å². The molecule has 3 aromatic rings. The van der Waals surface area contributed by atoms with Gasteiger partial charge in [0.25, 0.3) is 5.91 Å². The van der Waals surface area contributed by atoms with E-state index < -0.39 is 6.04 Å². The molecule has 1 atom stereocenters. The quantitative estimate of drug-likeness (QED) is 0.504. The predicted octanol–water partition coefficient (Wildman–Crippen LogP) is 5.27. The lowest BCUT2D eigenvalue weighted by atomic mass is 9.93. The van der Waals surface area contributed by atoms with E-state index >= 15 is 0 Å². The van der Waals surface area contributed by atoms with Gasteiger partial charge in [0.1, 0.15) is 11.7 Å². The fourth-order valence-corrected chi connectivity index (χ4v) is 4.75. The minimum atomic E-state index is -0.721. The van der Waals surface area contributed by atoms with Crippen molar-refractivity contribution in [3.8, 4) is 0 Å². The first-order valence-electron chi connectivity index (χ1n) is 12.3. The Balaban J connectivity index is 1.70. The van der Waals surface area contributed by atoms with Gasteiger partial charge in [-0.1, -0.05) is 79.9 Å². The van der Waals surface area contributed by atoms with Gasteiger partial charge >= 0.3 is 0 Å².